The summed E-state index contributed by atoms with van der Waals surface area (Å²) in [7, 11) is 0. The number of aliphatic imine (C=N–C) groups is 1. The lowest BCUT2D eigenvalue weighted by Gasteiger charge is -2.11. The predicted molar refractivity (Wildman–Crippen MR) is 86.9 cm³/mol. The molecule has 1 aromatic rings. The number of hydrogen-bond donors (Lipinski definition) is 2. The molecule has 0 spiro atoms. The van der Waals surface area contributed by atoms with Crippen LogP contribution in [0.25, 0.3) is 0 Å². The number of nitrogens with one attached hydrogen (secondary N) is 2. The van der Waals surface area contributed by atoms with E-state index in [0.717, 1.165) is 25.6 Å². The van der Waals surface area contributed by atoms with E-state index in [4.69, 9.17) is 0 Å². The molecular weight excluding hydrogens is 254 g/mol. The summed E-state index contributed by atoms with van der Waals surface area (Å²) in [5.74, 6) is 2.15. The average Bonchev–Trinajstić information content (AvgIpc) is 2.45. The second-order valence-corrected chi connectivity index (χ2v) is 5.29. The molecule has 0 atom stereocenters. The van der Waals surface area contributed by atoms with E-state index in [-0.39, 0.29) is 0 Å². The van der Waals surface area contributed by atoms with Crippen LogP contribution in [0.2, 0.25) is 0 Å². The molecule has 0 aromatic heterocycles. The molecule has 2 N–H and O–H groups in total. The van der Waals surface area contributed by atoms with Crippen LogP contribution in [0.15, 0.2) is 35.3 Å². The molecule has 0 saturated heterocycles. The zero-order valence-electron chi connectivity index (χ0n) is 12.0. The third kappa shape index (κ3) is 7.78. The predicted octanol–water partition coefficient (Wildman–Crippen LogP) is 2.88. The lowest BCUT2D eigenvalue weighted by molar-refractivity contribution is 0.734. The van der Waals surface area contributed by atoms with Crippen molar-refractivity contribution < 1.29 is 0 Å². The first-order valence-corrected chi connectivity index (χ1v) is 8.31. The van der Waals surface area contributed by atoms with Crippen LogP contribution in [0, 0.1) is 0 Å². The number of unbranched alkanes of at least 4 members (excludes halogenated alkanes) is 1. The molecular formula is C15H25N3S. The smallest absolute Gasteiger partial charge is 0.191 e. The Labute approximate surface area is 121 Å². The van der Waals surface area contributed by atoms with Gasteiger partial charge in [0.2, 0.25) is 0 Å². The van der Waals surface area contributed by atoms with E-state index in [1.165, 1.54) is 24.2 Å². The number of nitrogens with zero attached hydrogens (tertiary/aromatic N) is 1. The zero-order chi connectivity index (χ0) is 13.8. The van der Waals surface area contributed by atoms with Crippen molar-refractivity contribution in [1.82, 2.24) is 10.6 Å². The molecule has 19 heavy (non-hydrogen) atoms. The van der Waals surface area contributed by atoms with Crippen molar-refractivity contribution in [2.24, 2.45) is 4.99 Å². The summed E-state index contributed by atoms with van der Waals surface area (Å²) < 4.78 is 0. The van der Waals surface area contributed by atoms with Crippen molar-refractivity contribution in [2.45, 2.75) is 26.3 Å². The van der Waals surface area contributed by atoms with Crippen molar-refractivity contribution in [1.29, 1.82) is 0 Å². The minimum atomic E-state index is 0.723. The fourth-order valence-electron chi connectivity index (χ4n) is 1.67. The number of rotatable bonds is 8. The van der Waals surface area contributed by atoms with Gasteiger partial charge in [0.05, 0.1) is 6.54 Å². The van der Waals surface area contributed by atoms with Gasteiger partial charge in [-0.25, -0.2) is 4.99 Å². The van der Waals surface area contributed by atoms with E-state index in [0.29, 0.717) is 0 Å². The molecule has 0 fully saturated rings. The SMILES string of the molecule is CCNC(=NCc1ccccc1)NCCCCSC. The monoisotopic (exact) mass is 279 g/mol. The Morgan fingerprint density at radius 2 is 1.95 bits per heavy atom. The molecule has 3 nitrogen and oxygen atoms in total. The van der Waals surface area contributed by atoms with Gasteiger partial charge < -0.3 is 10.6 Å². The molecule has 0 aliphatic heterocycles. The average molecular weight is 279 g/mol. The number of guanidine groups is 1. The Kier molecular flexibility index (Phi) is 8.98. The van der Waals surface area contributed by atoms with E-state index in [1.807, 2.05) is 30.0 Å². The normalized spacial score (nSPS) is 11.4. The van der Waals surface area contributed by atoms with E-state index in [2.05, 4.69) is 40.9 Å². The van der Waals surface area contributed by atoms with Crippen LogP contribution in [0.3, 0.4) is 0 Å². The van der Waals surface area contributed by atoms with Crippen molar-refractivity contribution in [3.05, 3.63) is 35.9 Å². The Balaban J connectivity index is 2.34. The fourth-order valence-corrected chi connectivity index (χ4v) is 2.17. The van der Waals surface area contributed by atoms with Gasteiger partial charge in [-0.15, -0.1) is 0 Å². The highest BCUT2D eigenvalue weighted by Crippen LogP contribution is 2.00. The standard InChI is InChI=1S/C15H25N3S/c1-3-16-15(17-11-7-8-12-19-2)18-13-14-9-5-4-6-10-14/h4-6,9-10H,3,7-8,11-13H2,1-2H3,(H2,16,17,18). The van der Waals surface area contributed by atoms with Crippen molar-refractivity contribution in [3.8, 4) is 0 Å². The minimum absolute atomic E-state index is 0.723. The molecule has 0 amide bonds. The summed E-state index contributed by atoms with van der Waals surface area (Å²) in [6.45, 7) is 4.70. The first kappa shape index (κ1) is 15.9. The Morgan fingerprint density at radius 1 is 1.16 bits per heavy atom. The molecule has 0 unspecified atom stereocenters. The van der Waals surface area contributed by atoms with Crippen LogP contribution in [0.1, 0.15) is 25.3 Å². The van der Waals surface area contributed by atoms with Crippen LogP contribution < -0.4 is 10.6 Å². The highest BCUT2D eigenvalue weighted by Gasteiger charge is 1.96. The Hall–Kier alpha value is -1.16. The second-order valence-electron chi connectivity index (χ2n) is 4.31. The highest BCUT2D eigenvalue weighted by molar-refractivity contribution is 7.98. The van der Waals surface area contributed by atoms with Gasteiger partial charge in [-0.3, -0.25) is 0 Å². The largest absolute Gasteiger partial charge is 0.357 e. The molecule has 1 rings (SSSR count). The van der Waals surface area contributed by atoms with Gasteiger partial charge in [0, 0.05) is 13.1 Å². The van der Waals surface area contributed by atoms with Gasteiger partial charge in [0.15, 0.2) is 5.96 Å². The first-order valence-electron chi connectivity index (χ1n) is 6.92. The third-order valence-electron chi connectivity index (χ3n) is 2.67. The molecule has 0 aliphatic carbocycles. The summed E-state index contributed by atoms with van der Waals surface area (Å²) in [6, 6.07) is 10.3. The van der Waals surface area contributed by atoms with Crippen LogP contribution >= 0.6 is 11.8 Å². The summed E-state index contributed by atoms with van der Waals surface area (Å²) in [5.41, 5.74) is 1.24. The van der Waals surface area contributed by atoms with E-state index >= 15 is 0 Å². The number of thioether (sulfide) groups is 1. The van der Waals surface area contributed by atoms with Gasteiger partial charge in [-0.05, 0) is 37.3 Å². The summed E-state index contributed by atoms with van der Waals surface area (Å²) in [6.07, 6.45) is 4.60. The van der Waals surface area contributed by atoms with E-state index in [9.17, 15) is 0 Å². The zero-order valence-corrected chi connectivity index (χ0v) is 12.8. The first-order chi connectivity index (χ1) is 9.36. The molecule has 4 heteroatoms. The van der Waals surface area contributed by atoms with Gasteiger partial charge in [-0.1, -0.05) is 30.3 Å². The lowest BCUT2D eigenvalue weighted by atomic mass is 10.2. The van der Waals surface area contributed by atoms with Crippen molar-refractivity contribution in [3.63, 3.8) is 0 Å². The van der Waals surface area contributed by atoms with Crippen LogP contribution in [-0.4, -0.2) is 31.1 Å². The number of benzene rings is 1. The quantitative estimate of drug-likeness (QED) is 0.436. The maximum Gasteiger partial charge on any atom is 0.191 e. The fraction of sp³-hybridized carbons (Fsp3) is 0.533. The van der Waals surface area contributed by atoms with Crippen LogP contribution in [0.4, 0.5) is 0 Å². The van der Waals surface area contributed by atoms with Crippen molar-refractivity contribution >= 4 is 17.7 Å². The molecule has 0 saturated carbocycles. The van der Waals surface area contributed by atoms with Crippen molar-refractivity contribution in [2.75, 3.05) is 25.1 Å². The Morgan fingerprint density at radius 3 is 2.63 bits per heavy atom. The van der Waals surface area contributed by atoms with E-state index in [1.54, 1.807) is 0 Å². The Bertz CT molecular complexity index is 352. The van der Waals surface area contributed by atoms with Crippen LogP contribution in [-0.2, 0) is 6.54 Å². The molecule has 0 aliphatic rings. The third-order valence-corrected chi connectivity index (χ3v) is 3.37. The summed E-state index contributed by atoms with van der Waals surface area (Å²) in [5, 5.41) is 6.66. The van der Waals surface area contributed by atoms with Gasteiger partial charge in [0.1, 0.15) is 0 Å². The topological polar surface area (TPSA) is 36.4 Å². The minimum Gasteiger partial charge on any atom is -0.357 e. The molecule has 106 valence electrons. The number of hydrogen-bond acceptors (Lipinski definition) is 2. The lowest BCUT2D eigenvalue weighted by Crippen LogP contribution is -2.37. The van der Waals surface area contributed by atoms with Crippen LogP contribution in [0.5, 0.6) is 0 Å². The molecule has 0 heterocycles. The molecule has 0 bridgehead atoms. The maximum atomic E-state index is 4.59. The summed E-state index contributed by atoms with van der Waals surface area (Å²) in [4.78, 5) is 4.59. The van der Waals surface area contributed by atoms with E-state index < -0.39 is 0 Å². The maximum absolute atomic E-state index is 4.59. The summed E-state index contributed by atoms with van der Waals surface area (Å²) >= 11 is 1.90. The highest BCUT2D eigenvalue weighted by atomic mass is 32.2. The van der Waals surface area contributed by atoms with Gasteiger partial charge in [-0.2, -0.15) is 11.8 Å². The molecule has 1 aromatic carbocycles. The van der Waals surface area contributed by atoms with Gasteiger partial charge in [0.25, 0.3) is 0 Å². The molecule has 0 radical (unpaired) electrons. The second kappa shape index (κ2) is 10.7. The van der Waals surface area contributed by atoms with Gasteiger partial charge >= 0.3 is 0 Å².